The van der Waals surface area contributed by atoms with Crippen LogP contribution in [0.15, 0.2) is 18.3 Å². The number of alkyl halides is 3. The number of nitrogens with zero attached hydrogens (tertiary/aromatic N) is 2. The summed E-state index contributed by atoms with van der Waals surface area (Å²) < 4.78 is 45.7. The lowest BCUT2D eigenvalue weighted by atomic mass is 9.52. The molecule has 1 aliphatic heterocycles. The Hall–Kier alpha value is -2.89. The molecule has 0 aromatic carbocycles. The summed E-state index contributed by atoms with van der Waals surface area (Å²) in [6.07, 6.45) is -1.10. The number of ether oxygens (including phenoxy) is 2. The second-order valence-electron chi connectivity index (χ2n) is 8.22. The van der Waals surface area contributed by atoms with E-state index in [1.165, 1.54) is 12.3 Å². The highest BCUT2D eigenvalue weighted by atomic mass is 19.4. The van der Waals surface area contributed by atoms with E-state index >= 15 is 0 Å². The average molecular weight is 442 g/mol. The predicted molar refractivity (Wildman–Crippen MR) is 97.6 cm³/mol. The third-order valence-electron chi connectivity index (χ3n) is 6.06. The van der Waals surface area contributed by atoms with Crippen molar-refractivity contribution >= 4 is 17.8 Å². The molecule has 0 bridgehead atoms. The van der Waals surface area contributed by atoms with Crippen LogP contribution in [0, 0.1) is 5.41 Å². The molecule has 1 aromatic rings. The summed E-state index contributed by atoms with van der Waals surface area (Å²) in [6.45, 7) is -0.706. The second kappa shape index (κ2) is 7.66. The van der Waals surface area contributed by atoms with Gasteiger partial charge in [0.2, 0.25) is 5.88 Å². The Morgan fingerprint density at radius 3 is 2.65 bits per heavy atom. The third-order valence-corrected chi connectivity index (χ3v) is 6.06. The van der Waals surface area contributed by atoms with Gasteiger partial charge in [0.15, 0.2) is 0 Å². The minimum Gasteiger partial charge on any atom is -0.474 e. The average Bonchev–Trinajstić information content (AvgIpc) is 2.89. The normalized spacial score (nSPS) is 30.0. The number of imide groups is 1. The number of hydrogen-bond acceptors (Lipinski definition) is 6. The Labute approximate surface area is 175 Å². The summed E-state index contributed by atoms with van der Waals surface area (Å²) >= 11 is 0. The van der Waals surface area contributed by atoms with Crippen LogP contribution < -0.4 is 15.8 Å². The highest BCUT2D eigenvalue weighted by Crippen LogP contribution is 2.58. The number of nitrogens with two attached hydrogens (primary N) is 1. The number of pyridine rings is 1. The summed E-state index contributed by atoms with van der Waals surface area (Å²) in [5.74, 6) is -0.972. The van der Waals surface area contributed by atoms with E-state index < -0.39 is 36.9 Å². The van der Waals surface area contributed by atoms with Crippen LogP contribution in [0.1, 0.15) is 42.5 Å². The van der Waals surface area contributed by atoms with Gasteiger partial charge >= 0.3 is 12.4 Å². The van der Waals surface area contributed by atoms with Gasteiger partial charge in [-0.05, 0) is 43.2 Å². The topological polar surface area (TPSA) is 124 Å². The fourth-order valence-electron chi connectivity index (χ4n) is 4.66. The van der Waals surface area contributed by atoms with Crippen molar-refractivity contribution in [1.29, 1.82) is 0 Å². The summed E-state index contributed by atoms with van der Waals surface area (Å²) in [6, 6.07) is 1.23. The van der Waals surface area contributed by atoms with E-state index in [1.54, 1.807) is 6.07 Å². The Kier molecular flexibility index (Phi) is 5.28. The number of carbonyl (C=O) groups is 3. The monoisotopic (exact) mass is 442 g/mol. The molecular formula is C19H21F3N4O5. The number of primary amides is 1. The molecule has 1 spiro atoms. The molecule has 4 rings (SSSR count). The largest absolute Gasteiger partial charge is 0.522 e. The highest BCUT2D eigenvalue weighted by Gasteiger charge is 2.58. The van der Waals surface area contributed by atoms with E-state index in [2.05, 4.69) is 15.0 Å². The number of aromatic nitrogens is 1. The number of halogens is 3. The minimum atomic E-state index is -4.78. The Morgan fingerprint density at radius 2 is 2.00 bits per heavy atom. The van der Waals surface area contributed by atoms with Crippen molar-refractivity contribution < 1.29 is 37.0 Å². The predicted octanol–water partition coefficient (Wildman–Crippen LogP) is 1.72. The van der Waals surface area contributed by atoms with Gasteiger partial charge in [0.05, 0.1) is 6.61 Å². The van der Waals surface area contributed by atoms with Crippen molar-refractivity contribution in [1.82, 2.24) is 15.2 Å². The van der Waals surface area contributed by atoms with Crippen molar-refractivity contribution in [3.63, 3.8) is 0 Å². The zero-order chi connectivity index (χ0) is 22.4. The van der Waals surface area contributed by atoms with Gasteiger partial charge in [0.1, 0.15) is 17.7 Å². The Bertz CT molecular complexity index is 895. The van der Waals surface area contributed by atoms with E-state index in [9.17, 15) is 27.6 Å². The van der Waals surface area contributed by atoms with Crippen LogP contribution in [0.4, 0.5) is 18.0 Å². The number of urea groups is 1. The lowest BCUT2D eigenvalue weighted by Gasteiger charge is -2.58. The van der Waals surface area contributed by atoms with Crippen LogP contribution >= 0.6 is 0 Å². The van der Waals surface area contributed by atoms with E-state index in [4.69, 9.17) is 10.5 Å². The maximum Gasteiger partial charge on any atom is 0.522 e. The standard InChI is InChI=1S/C19H21F3N4O5/c20-19(21,22)30-5-3-13-16(28)26(17(29)25-13)10-6-18(7-10)8-11(9-18)31-15-12(14(23)27)2-1-4-24-15/h1-2,4,10-11,13H,3,5-9H2,(H2,23,27)(H,25,29)/t10-,11-,13?,18?. The van der Waals surface area contributed by atoms with E-state index in [-0.39, 0.29) is 35.4 Å². The summed E-state index contributed by atoms with van der Waals surface area (Å²) in [5.41, 5.74) is 5.46. The van der Waals surface area contributed by atoms with E-state index in [0.29, 0.717) is 25.7 Å². The van der Waals surface area contributed by atoms with Crippen LogP contribution in [0.25, 0.3) is 0 Å². The first-order chi connectivity index (χ1) is 14.6. The molecule has 0 radical (unpaired) electrons. The molecule has 2 heterocycles. The van der Waals surface area contributed by atoms with Crippen molar-refractivity contribution in [3.8, 4) is 5.88 Å². The van der Waals surface area contributed by atoms with Gasteiger partial charge in [-0.2, -0.15) is 0 Å². The van der Waals surface area contributed by atoms with Crippen molar-refractivity contribution in [2.24, 2.45) is 11.1 Å². The first kappa shape index (κ1) is 21.3. The number of nitrogens with one attached hydrogen (secondary N) is 1. The minimum absolute atomic E-state index is 0.0605. The zero-order valence-corrected chi connectivity index (χ0v) is 16.4. The molecule has 3 N–H and O–H groups in total. The van der Waals surface area contributed by atoms with Crippen LogP contribution in [-0.2, 0) is 9.53 Å². The number of amides is 4. The molecule has 1 aromatic heterocycles. The van der Waals surface area contributed by atoms with Gasteiger partial charge < -0.3 is 15.8 Å². The lowest BCUT2D eigenvalue weighted by Crippen LogP contribution is -2.60. The van der Waals surface area contributed by atoms with Gasteiger partial charge in [-0.3, -0.25) is 19.2 Å². The molecule has 4 amide bonds. The molecule has 168 valence electrons. The number of carbonyl (C=O) groups excluding carboxylic acids is 3. The fourth-order valence-corrected chi connectivity index (χ4v) is 4.66. The Balaban J connectivity index is 1.26. The molecule has 1 atom stereocenters. The van der Waals surface area contributed by atoms with Crippen molar-refractivity contribution in [2.45, 2.75) is 56.7 Å². The van der Waals surface area contributed by atoms with Crippen molar-refractivity contribution in [2.75, 3.05) is 6.61 Å². The molecule has 9 nitrogen and oxygen atoms in total. The zero-order valence-electron chi connectivity index (χ0n) is 16.4. The van der Waals surface area contributed by atoms with Gasteiger partial charge in [0, 0.05) is 18.7 Å². The lowest BCUT2D eigenvalue weighted by molar-refractivity contribution is -0.324. The maximum absolute atomic E-state index is 12.5. The second-order valence-corrected chi connectivity index (χ2v) is 8.22. The number of rotatable bonds is 7. The van der Waals surface area contributed by atoms with E-state index in [1.807, 2.05) is 0 Å². The first-order valence-corrected chi connectivity index (χ1v) is 9.83. The van der Waals surface area contributed by atoms with Gasteiger partial charge in [0.25, 0.3) is 11.8 Å². The smallest absolute Gasteiger partial charge is 0.474 e. The quantitative estimate of drug-likeness (QED) is 0.620. The van der Waals surface area contributed by atoms with Gasteiger partial charge in [-0.25, -0.2) is 9.78 Å². The molecule has 2 aliphatic carbocycles. The summed E-state index contributed by atoms with van der Waals surface area (Å²) in [4.78, 5) is 41.2. The van der Waals surface area contributed by atoms with Crippen LogP contribution in [0.5, 0.6) is 5.88 Å². The maximum atomic E-state index is 12.5. The molecule has 31 heavy (non-hydrogen) atoms. The molecular weight excluding hydrogens is 421 g/mol. The van der Waals surface area contributed by atoms with Gasteiger partial charge in [-0.1, -0.05) is 0 Å². The van der Waals surface area contributed by atoms with Crippen LogP contribution in [0.2, 0.25) is 0 Å². The molecule has 3 aliphatic rings. The Morgan fingerprint density at radius 1 is 1.29 bits per heavy atom. The molecule has 1 unspecified atom stereocenters. The fraction of sp³-hybridized carbons (Fsp3) is 0.579. The molecule has 3 fully saturated rings. The van der Waals surface area contributed by atoms with Crippen molar-refractivity contribution in [3.05, 3.63) is 23.9 Å². The van der Waals surface area contributed by atoms with Crippen LogP contribution in [-0.4, -0.2) is 58.9 Å². The SMILES string of the molecule is NC(=O)c1cccnc1O[C@H]1CC2(C1)C[C@H](N1C(=O)NC(CCOC(F)(F)F)C1=O)C2. The summed E-state index contributed by atoms with van der Waals surface area (Å²) in [7, 11) is 0. The molecule has 1 saturated heterocycles. The van der Waals surface area contributed by atoms with E-state index in [0.717, 1.165) is 4.90 Å². The first-order valence-electron chi connectivity index (χ1n) is 9.83. The highest BCUT2D eigenvalue weighted by molar-refractivity contribution is 6.04. The number of hydrogen-bond donors (Lipinski definition) is 2. The summed E-state index contributed by atoms with van der Waals surface area (Å²) in [5, 5.41) is 2.42. The third kappa shape index (κ3) is 4.29. The molecule has 12 heteroatoms. The van der Waals surface area contributed by atoms with Gasteiger partial charge in [-0.15, -0.1) is 13.2 Å². The van der Waals surface area contributed by atoms with Crippen LogP contribution in [0.3, 0.4) is 0 Å². The molecule has 2 saturated carbocycles.